The zero-order valence-corrected chi connectivity index (χ0v) is 15.7. The zero-order chi connectivity index (χ0) is 19.7. The van der Waals surface area contributed by atoms with Crippen molar-refractivity contribution in [1.29, 1.82) is 0 Å². The number of fused-ring (bicyclic) bond motifs is 1. The Morgan fingerprint density at radius 1 is 1.29 bits per heavy atom. The van der Waals surface area contributed by atoms with Gasteiger partial charge in [-0.25, -0.2) is 4.39 Å². The number of piperidine rings is 1. The van der Waals surface area contributed by atoms with Crippen LogP contribution in [0.2, 0.25) is 0 Å². The lowest BCUT2D eigenvalue weighted by Gasteiger charge is -2.36. The molecule has 0 aliphatic carbocycles. The number of amides is 1. The number of rotatable bonds is 4. The van der Waals surface area contributed by atoms with Crippen LogP contribution in [0, 0.1) is 5.82 Å². The summed E-state index contributed by atoms with van der Waals surface area (Å²) in [4.78, 5) is 18.4. The van der Waals surface area contributed by atoms with Crippen LogP contribution in [0.25, 0.3) is 10.9 Å². The van der Waals surface area contributed by atoms with E-state index in [1.807, 2.05) is 13.1 Å². The number of benzene rings is 1. The van der Waals surface area contributed by atoms with Gasteiger partial charge in [0.1, 0.15) is 5.82 Å². The highest BCUT2D eigenvalue weighted by atomic mass is 19.1. The van der Waals surface area contributed by atoms with E-state index in [2.05, 4.69) is 19.8 Å². The first-order chi connectivity index (χ1) is 13.5. The molecule has 3 heterocycles. The lowest BCUT2D eigenvalue weighted by Crippen LogP contribution is -2.53. The predicted molar refractivity (Wildman–Crippen MR) is 104 cm³/mol. The Kier molecular flexibility index (Phi) is 5.11. The fraction of sp³-hybridized carbons (Fsp3) is 0.333. The van der Waals surface area contributed by atoms with Crippen LogP contribution < -0.4 is 5.32 Å². The second kappa shape index (κ2) is 7.69. The van der Waals surface area contributed by atoms with Gasteiger partial charge < -0.3 is 15.0 Å². The predicted octanol–water partition coefficient (Wildman–Crippen LogP) is 2.08. The molecule has 1 aromatic carbocycles. The fourth-order valence-electron chi connectivity index (χ4n) is 3.82. The van der Waals surface area contributed by atoms with Crippen LogP contribution in [-0.2, 0) is 13.6 Å². The zero-order valence-electron chi connectivity index (χ0n) is 15.7. The van der Waals surface area contributed by atoms with Crippen molar-refractivity contribution in [3.05, 3.63) is 65.9 Å². The van der Waals surface area contributed by atoms with Gasteiger partial charge in [-0.05, 0) is 42.8 Å². The number of aliphatic hydroxyl groups is 1. The molecule has 2 aromatic heterocycles. The number of β-amino-alcohol motifs (C(OH)–C–C–N with tert-alkyl or cyclic N) is 1. The summed E-state index contributed by atoms with van der Waals surface area (Å²) in [5.41, 5.74) is 2.58. The molecule has 28 heavy (non-hydrogen) atoms. The average molecular weight is 382 g/mol. The first-order valence-electron chi connectivity index (χ1n) is 9.36. The van der Waals surface area contributed by atoms with Crippen LogP contribution in [0.5, 0.6) is 0 Å². The summed E-state index contributed by atoms with van der Waals surface area (Å²) in [5, 5.41) is 14.3. The molecular formula is C21H23FN4O2. The molecule has 1 fully saturated rings. The van der Waals surface area contributed by atoms with Crippen LogP contribution in [-0.4, -0.2) is 50.7 Å². The number of carbonyl (C=O) groups is 1. The number of pyridine rings is 1. The SMILES string of the molecule is Cn1c(CN2CC[C@H](NC(=O)c3ccncc3)[C@@H](O)C2)cc2cc(F)ccc21. The molecule has 0 radical (unpaired) electrons. The molecule has 146 valence electrons. The summed E-state index contributed by atoms with van der Waals surface area (Å²) in [6, 6.07) is 9.80. The first-order valence-corrected chi connectivity index (χ1v) is 9.36. The van der Waals surface area contributed by atoms with Gasteiger partial charge in [0.05, 0.1) is 12.1 Å². The topological polar surface area (TPSA) is 70.4 Å². The molecule has 3 aromatic rings. The van der Waals surface area contributed by atoms with Crippen molar-refractivity contribution in [2.75, 3.05) is 13.1 Å². The lowest BCUT2D eigenvalue weighted by molar-refractivity contribution is 0.0343. The molecule has 4 rings (SSSR count). The molecule has 0 saturated carbocycles. The van der Waals surface area contributed by atoms with Crippen LogP contribution in [0.1, 0.15) is 22.5 Å². The van der Waals surface area contributed by atoms with Gasteiger partial charge in [-0.1, -0.05) is 0 Å². The van der Waals surface area contributed by atoms with Gasteiger partial charge in [-0.15, -0.1) is 0 Å². The smallest absolute Gasteiger partial charge is 0.251 e. The molecule has 1 aliphatic heterocycles. The van der Waals surface area contributed by atoms with Gasteiger partial charge in [0.15, 0.2) is 0 Å². The van der Waals surface area contributed by atoms with E-state index in [0.29, 0.717) is 25.1 Å². The number of aromatic nitrogens is 2. The van der Waals surface area contributed by atoms with Crippen molar-refractivity contribution in [2.45, 2.75) is 25.1 Å². The molecule has 1 aliphatic rings. The summed E-state index contributed by atoms with van der Waals surface area (Å²) in [6.45, 7) is 1.89. The van der Waals surface area contributed by atoms with Crippen molar-refractivity contribution in [3.63, 3.8) is 0 Å². The third-order valence-electron chi connectivity index (χ3n) is 5.41. The van der Waals surface area contributed by atoms with E-state index in [1.165, 1.54) is 12.1 Å². The molecule has 2 N–H and O–H groups in total. The van der Waals surface area contributed by atoms with E-state index in [0.717, 1.165) is 23.1 Å². The number of nitrogens with one attached hydrogen (secondary N) is 1. The molecule has 2 atom stereocenters. The Morgan fingerprint density at radius 3 is 2.82 bits per heavy atom. The van der Waals surface area contributed by atoms with E-state index in [9.17, 15) is 14.3 Å². The molecule has 0 unspecified atom stereocenters. The largest absolute Gasteiger partial charge is 0.390 e. The van der Waals surface area contributed by atoms with Gasteiger partial charge >= 0.3 is 0 Å². The van der Waals surface area contributed by atoms with E-state index in [-0.39, 0.29) is 17.8 Å². The highest BCUT2D eigenvalue weighted by molar-refractivity contribution is 5.94. The number of hydrogen-bond donors (Lipinski definition) is 2. The monoisotopic (exact) mass is 382 g/mol. The van der Waals surface area contributed by atoms with Gasteiger partial charge in [-0.3, -0.25) is 14.7 Å². The Bertz CT molecular complexity index is 989. The molecule has 0 spiro atoms. The first kappa shape index (κ1) is 18.6. The molecule has 1 amide bonds. The normalized spacial score (nSPS) is 20.4. The van der Waals surface area contributed by atoms with Crippen molar-refractivity contribution in [3.8, 4) is 0 Å². The number of likely N-dealkylation sites (tertiary alicyclic amines) is 1. The van der Waals surface area contributed by atoms with E-state index >= 15 is 0 Å². The minimum absolute atomic E-state index is 0.199. The minimum Gasteiger partial charge on any atom is -0.390 e. The van der Waals surface area contributed by atoms with E-state index in [1.54, 1.807) is 30.6 Å². The Hall–Kier alpha value is -2.77. The quantitative estimate of drug-likeness (QED) is 0.725. The van der Waals surface area contributed by atoms with Crippen LogP contribution in [0.4, 0.5) is 4.39 Å². The third-order valence-corrected chi connectivity index (χ3v) is 5.41. The number of hydrogen-bond acceptors (Lipinski definition) is 4. The van der Waals surface area contributed by atoms with Crippen molar-refractivity contribution in [1.82, 2.24) is 19.8 Å². The molecular weight excluding hydrogens is 359 g/mol. The van der Waals surface area contributed by atoms with E-state index in [4.69, 9.17) is 0 Å². The summed E-state index contributed by atoms with van der Waals surface area (Å²) in [5.74, 6) is -0.443. The van der Waals surface area contributed by atoms with Crippen molar-refractivity contribution in [2.24, 2.45) is 7.05 Å². The van der Waals surface area contributed by atoms with Gasteiger partial charge in [0.2, 0.25) is 0 Å². The van der Waals surface area contributed by atoms with Crippen molar-refractivity contribution >= 4 is 16.8 Å². The Balaban J connectivity index is 1.39. The van der Waals surface area contributed by atoms with Gasteiger partial charge in [-0.2, -0.15) is 0 Å². The summed E-state index contributed by atoms with van der Waals surface area (Å²) in [6.07, 6.45) is 3.16. The minimum atomic E-state index is -0.647. The third kappa shape index (κ3) is 3.76. The molecule has 6 nitrogen and oxygen atoms in total. The summed E-state index contributed by atoms with van der Waals surface area (Å²) >= 11 is 0. The number of nitrogens with zero attached hydrogens (tertiary/aromatic N) is 3. The highest BCUT2D eigenvalue weighted by Gasteiger charge is 2.29. The lowest BCUT2D eigenvalue weighted by atomic mass is 10.0. The van der Waals surface area contributed by atoms with Gasteiger partial charge in [0.25, 0.3) is 5.91 Å². The van der Waals surface area contributed by atoms with Gasteiger partial charge in [0, 0.05) is 61.2 Å². The van der Waals surface area contributed by atoms with Crippen molar-refractivity contribution < 1.29 is 14.3 Å². The van der Waals surface area contributed by atoms with Crippen LogP contribution in [0.15, 0.2) is 48.8 Å². The number of carbonyl (C=O) groups excluding carboxylic acids is 1. The van der Waals surface area contributed by atoms with Crippen LogP contribution in [0.3, 0.4) is 0 Å². The van der Waals surface area contributed by atoms with Crippen LogP contribution >= 0.6 is 0 Å². The number of aryl methyl sites for hydroxylation is 1. The standard InChI is InChI=1S/C21H23FN4O2/c1-25-17(11-15-10-16(22)2-3-19(15)25)12-26-9-6-18(20(27)13-26)24-21(28)14-4-7-23-8-5-14/h2-5,7-8,10-11,18,20,27H,6,9,12-13H2,1H3,(H,24,28)/t18-,20-/m0/s1. The maximum atomic E-state index is 13.5. The fourth-order valence-corrected chi connectivity index (χ4v) is 3.82. The average Bonchev–Trinajstić information content (AvgIpc) is 2.99. The number of halogens is 1. The Labute approximate surface area is 162 Å². The second-order valence-corrected chi connectivity index (χ2v) is 7.30. The van der Waals surface area contributed by atoms with E-state index < -0.39 is 6.10 Å². The molecule has 0 bridgehead atoms. The summed E-state index contributed by atoms with van der Waals surface area (Å²) in [7, 11) is 1.97. The Morgan fingerprint density at radius 2 is 2.07 bits per heavy atom. The maximum absolute atomic E-state index is 13.5. The molecule has 7 heteroatoms. The second-order valence-electron chi connectivity index (χ2n) is 7.30. The maximum Gasteiger partial charge on any atom is 0.251 e. The summed E-state index contributed by atoms with van der Waals surface area (Å²) < 4.78 is 15.5. The molecule has 1 saturated heterocycles. The number of aliphatic hydroxyl groups excluding tert-OH is 1. The highest BCUT2D eigenvalue weighted by Crippen LogP contribution is 2.22.